The van der Waals surface area contributed by atoms with E-state index in [9.17, 15) is 4.79 Å². The van der Waals surface area contributed by atoms with E-state index in [0.29, 0.717) is 6.42 Å². The number of carbonyl (C=O) groups excluding carboxylic acids is 1. The molecule has 1 aliphatic rings. The highest BCUT2D eigenvalue weighted by molar-refractivity contribution is 5.68. The van der Waals surface area contributed by atoms with Gasteiger partial charge in [-0.3, -0.25) is 4.79 Å². The summed E-state index contributed by atoms with van der Waals surface area (Å²) in [6, 6.07) is 0. The molecule has 0 aromatic rings. The van der Waals surface area contributed by atoms with Gasteiger partial charge < -0.3 is 4.74 Å². The first-order chi connectivity index (χ1) is 10.7. The Bertz CT molecular complexity index is 234. The Labute approximate surface area is 139 Å². The molecule has 0 heterocycles. The third-order valence-corrected chi connectivity index (χ3v) is 4.37. The number of rotatable bonds is 13. The SMILES string of the molecule is CCCCCCCC(=O)OC.CCCCCCCCC1CC1. The van der Waals surface area contributed by atoms with E-state index in [1.165, 1.54) is 84.2 Å². The Morgan fingerprint density at radius 2 is 1.32 bits per heavy atom. The van der Waals surface area contributed by atoms with Gasteiger partial charge in [-0.1, -0.05) is 97.3 Å². The molecule has 2 nitrogen and oxygen atoms in total. The maximum absolute atomic E-state index is 10.6. The topological polar surface area (TPSA) is 26.3 Å². The lowest BCUT2D eigenvalue weighted by molar-refractivity contribution is -0.140. The first-order valence-electron chi connectivity index (χ1n) is 9.81. The van der Waals surface area contributed by atoms with E-state index < -0.39 is 0 Å². The minimum absolute atomic E-state index is 0.0819. The van der Waals surface area contributed by atoms with E-state index in [-0.39, 0.29) is 5.97 Å². The van der Waals surface area contributed by atoms with E-state index in [0.717, 1.165) is 18.8 Å². The highest BCUT2D eigenvalue weighted by atomic mass is 16.5. The van der Waals surface area contributed by atoms with Crippen molar-refractivity contribution < 1.29 is 9.53 Å². The van der Waals surface area contributed by atoms with Gasteiger partial charge in [0.25, 0.3) is 0 Å². The van der Waals surface area contributed by atoms with Gasteiger partial charge in [-0.15, -0.1) is 0 Å². The first kappa shape index (κ1) is 21.5. The number of hydrogen-bond donors (Lipinski definition) is 0. The molecule has 1 fully saturated rings. The van der Waals surface area contributed by atoms with Crippen molar-refractivity contribution in [2.75, 3.05) is 7.11 Å². The third-order valence-electron chi connectivity index (χ3n) is 4.37. The lowest BCUT2D eigenvalue weighted by Crippen LogP contribution is -1.98. The van der Waals surface area contributed by atoms with Crippen molar-refractivity contribution in [1.29, 1.82) is 0 Å². The molecule has 0 amide bonds. The largest absolute Gasteiger partial charge is 0.469 e. The third kappa shape index (κ3) is 17.5. The molecule has 0 bridgehead atoms. The van der Waals surface area contributed by atoms with E-state index >= 15 is 0 Å². The molecule has 0 unspecified atom stereocenters. The number of unbranched alkanes of at least 4 members (excludes halogenated alkanes) is 9. The molecule has 132 valence electrons. The highest BCUT2D eigenvalue weighted by Gasteiger charge is 2.19. The first-order valence-corrected chi connectivity index (χ1v) is 9.81. The number of hydrogen-bond acceptors (Lipinski definition) is 2. The molecule has 0 N–H and O–H groups in total. The van der Waals surface area contributed by atoms with Gasteiger partial charge in [-0.25, -0.2) is 0 Å². The Morgan fingerprint density at radius 3 is 1.82 bits per heavy atom. The summed E-state index contributed by atoms with van der Waals surface area (Å²) in [5, 5.41) is 0. The minimum Gasteiger partial charge on any atom is -0.469 e. The summed E-state index contributed by atoms with van der Waals surface area (Å²) in [5.74, 6) is 1.07. The maximum Gasteiger partial charge on any atom is 0.305 e. The van der Waals surface area contributed by atoms with Gasteiger partial charge in [-0.2, -0.15) is 0 Å². The second kappa shape index (κ2) is 16.8. The van der Waals surface area contributed by atoms with Gasteiger partial charge in [0.2, 0.25) is 0 Å². The maximum atomic E-state index is 10.6. The number of ether oxygens (including phenoxy) is 1. The Kier molecular flexibility index (Phi) is 16.4. The zero-order chi connectivity index (χ0) is 16.5. The minimum atomic E-state index is -0.0819. The average molecular weight is 313 g/mol. The molecule has 1 rings (SSSR count). The Morgan fingerprint density at radius 1 is 0.818 bits per heavy atom. The van der Waals surface area contributed by atoms with Crippen LogP contribution in [0.3, 0.4) is 0 Å². The fraction of sp³-hybridized carbons (Fsp3) is 0.950. The van der Waals surface area contributed by atoms with E-state index in [1.54, 1.807) is 0 Å². The van der Waals surface area contributed by atoms with Crippen LogP contribution in [0.4, 0.5) is 0 Å². The normalized spacial score (nSPS) is 13.4. The molecule has 2 heteroatoms. The zero-order valence-corrected chi connectivity index (χ0v) is 15.5. The molecule has 0 radical (unpaired) electrons. The van der Waals surface area contributed by atoms with Gasteiger partial charge >= 0.3 is 5.97 Å². The fourth-order valence-corrected chi connectivity index (χ4v) is 2.59. The van der Waals surface area contributed by atoms with Crippen LogP contribution in [0.15, 0.2) is 0 Å². The van der Waals surface area contributed by atoms with Crippen LogP contribution in [0.5, 0.6) is 0 Å². The van der Waals surface area contributed by atoms with Crippen LogP contribution in [0.1, 0.15) is 110 Å². The van der Waals surface area contributed by atoms with Crippen LogP contribution in [-0.4, -0.2) is 13.1 Å². The average Bonchev–Trinajstić information content (AvgIpc) is 3.35. The highest BCUT2D eigenvalue weighted by Crippen LogP contribution is 2.34. The quantitative estimate of drug-likeness (QED) is 0.280. The van der Waals surface area contributed by atoms with Crippen LogP contribution in [0.25, 0.3) is 0 Å². The van der Waals surface area contributed by atoms with E-state index in [4.69, 9.17) is 0 Å². The van der Waals surface area contributed by atoms with Crippen molar-refractivity contribution in [1.82, 2.24) is 0 Å². The van der Waals surface area contributed by atoms with Gasteiger partial charge in [0.05, 0.1) is 7.11 Å². The predicted molar refractivity (Wildman–Crippen MR) is 96.1 cm³/mol. The molecule has 0 aromatic carbocycles. The molecule has 0 aromatic heterocycles. The second-order valence-electron chi connectivity index (χ2n) is 6.74. The van der Waals surface area contributed by atoms with Crippen LogP contribution in [0.2, 0.25) is 0 Å². The van der Waals surface area contributed by atoms with Crippen molar-refractivity contribution in [3.05, 3.63) is 0 Å². The number of methoxy groups -OCH3 is 1. The fourth-order valence-electron chi connectivity index (χ4n) is 2.59. The zero-order valence-electron chi connectivity index (χ0n) is 15.5. The summed E-state index contributed by atoms with van der Waals surface area (Å²) in [5.41, 5.74) is 0. The lowest BCUT2D eigenvalue weighted by Gasteiger charge is -1.98. The molecule has 1 saturated carbocycles. The molecular weight excluding hydrogens is 272 g/mol. The van der Waals surface area contributed by atoms with Crippen molar-refractivity contribution >= 4 is 5.97 Å². The Hall–Kier alpha value is -0.530. The van der Waals surface area contributed by atoms with Crippen molar-refractivity contribution in [3.63, 3.8) is 0 Å². The van der Waals surface area contributed by atoms with E-state index in [2.05, 4.69) is 18.6 Å². The smallest absolute Gasteiger partial charge is 0.305 e. The van der Waals surface area contributed by atoms with Crippen molar-refractivity contribution in [2.45, 2.75) is 110 Å². The van der Waals surface area contributed by atoms with Gasteiger partial charge in [0.1, 0.15) is 0 Å². The van der Waals surface area contributed by atoms with Crippen molar-refractivity contribution in [3.8, 4) is 0 Å². The predicted octanol–water partition coefficient (Wildman–Crippen LogP) is 6.67. The van der Waals surface area contributed by atoms with Gasteiger partial charge in [0, 0.05) is 6.42 Å². The summed E-state index contributed by atoms with van der Waals surface area (Å²) in [4.78, 5) is 10.6. The molecular formula is C20H40O2. The van der Waals surface area contributed by atoms with Crippen LogP contribution in [0, 0.1) is 5.92 Å². The summed E-state index contributed by atoms with van der Waals surface area (Å²) in [6.07, 6.45) is 19.9. The summed E-state index contributed by atoms with van der Waals surface area (Å²) >= 11 is 0. The molecule has 0 aliphatic heterocycles. The molecule has 1 aliphatic carbocycles. The standard InChI is InChI=1S/C11H22.C9H18O2/c1-2-3-4-5-6-7-8-11-9-10-11;1-3-4-5-6-7-8-9(10)11-2/h11H,2-10H2,1H3;3-8H2,1-2H3. The summed E-state index contributed by atoms with van der Waals surface area (Å²) in [6.45, 7) is 4.46. The van der Waals surface area contributed by atoms with Gasteiger partial charge in [0.15, 0.2) is 0 Å². The van der Waals surface area contributed by atoms with E-state index in [1.807, 2.05) is 0 Å². The van der Waals surface area contributed by atoms with Crippen LogP contribution >= 0.6 is 0 Å². The second-order valence-corrected chi connectivity index (χ2v) is 6.74. The number of esters is 1. The molecule has 0 spiro atoms. The van der Waals surface area contributed by atoms with Gasteiger partial charge in [-0.05, 0) is 12.3 Å². The monoisotopic (exact) mass is 312 g/mol. The molecule has 0 atom stereocenters. The van der Waals surface area contributed by atoms with Crippen LogP contribution in [-0.2, 0) is 9.53 Å². The van der Waals surface area contributed by atoms with Crippen LogP contribution < -0.4 is 0 Å². The Balaban J connectivity index is 0.000000401. The number of carbonyl (C=O) groups is 1. The van der Waals surface area contributed by atoms with Crippen molar-refractivity contribution in [2.24, 2.45) is 5.92 Å². The summed E-state index contributed by atoms with van der Waals surface area (Å²) in [7, 11) is 1.44. The summed E-state index contributed by atoms with van der Waals surface area (Å²) < 4.78 is 4.52. The lowest BCUT2D eigenvalue weighted by atomic mass is 10.1. The molecule has 0 saturated heterocycles. The molecule has 22 heavy (non-hydrogen) atoms.